The molecule has 0 unspecified atom stereocenters. The molecule has 1 aliphatic carbocycles. The second kappa shape index (κ2) is 8.86. The van der Waals surface area contributed by atoms with E-state index in [1.54, 1.807) is 0 Å². The van der Waals surface area contributed by atoms with E-state index in [-0.39, 0.29) is 31.1 Å². The molecule has 2 aliphatic rings. The van der Waals surface area contributed by atoms with Gasteiger partial charge in [0.15, 0.2) is 0 Å². The Kier molecular flexibility index (Phi) is 6.84. The number of hydrogen-bond acceptors (Lipinski definition) is 4. The lowest BCUT2D eigenvalue weighted by Crippen LogP contribution is -2.50. The third-order valence-electron chi connectivity index (χ3n) is 4.88. The minimum absolute atomic E-state index is 0.0520. The molecule has 136 valence electrons. The van der Waals surface area contributed by atoms with Crippen LogP contribution in [0.2, 0.25) is 0 Å². The molecule has 3 amide bonds. The van der Waals surface area contributed by atoms with Crippen LogP contribution >= 0.6 is 0 Å². The maximum atomic E-state index is 11.9. The SMILES string of the molecule is O=C(CNC(=O)NC1CCCCC1)NCC1(C(=O)O)CCOCC1. The quantitative estimate of drug-likeness (QED) is 0.565. The summed E-state index contributed by atoms with van der Waals surface area (Å²) in [4.78, 5) is 35.1. The van der Waals surface area contributed by atoms with Gasteiger partial charge in [-0.05, 0) is 25.7 Å². The predicted octanol–water partition coefficient (Wildman–Crippen LogP) is 0.616. The standard InChI is InChI=1S/C16H27N3O5/c20-13(10-17-15(23)19-12-4-2-1-3-5-12)18-11-16(14(21)22)6-8-24-9-7-16/h12H,1-11H2,(H,18,20)(H,21,22)(H2,17,19,23). The molecule has 0 aromatic heterocycles. The Morgan fingerprint density at radius 2 is 1.71 bits per heavy atom. The molecular weight excluding hydrogens is 314 g/mol. The third-order valence-corrected chi connectivity index (χ3v) is 4.88. The van der Waals surface area contributed by atoms with Crippen LogP contribution in [-0.2, 0) is 14.3 Å². The zero-order chi connectivity index (χ0) is 17.4. The average molecular weight is 341 g/mol. The zero-order valence-electron chi connectivity index (χ0n) is 13.9. The summed E-state index contributed by atoms with van der Waals surface area (Å²) >= 11 is 0. The number of ether oxygens (including phenoxy) is 1. The van der Waals surface area contributed by atoms with Crippen LogP contribution in [-0.4, -0.2) is 55.4 Å². The van der Waals surface area contributed by atoms with Gasteiger partial charge in [-0.15, -0.1) is 0 Å². The summed E-state index contributed by atoms with van der Waals surface area (Å²) in [5.74, 6) is -1.31. The fourth-order valence-electron chi connectivity index (χ4n) is 3.20. The van der Waals surface area contributed by atoms with Crippen LogP contribution < -0.4 is 16.0 Å². The molecule has 0 bridgehead atoms. The largest absolute Gasteiger partial charge is 0.481 e. The molecule has 1 heterocycles. The van der Waals surface area contributed by atoms with Gasteiger partial charge in [0.05, 0.1) is 12.0 Å². The minimum Gasteiger partial charge on any atom is -0.481 e. The van der Waals surface area contributed by atoms with Crippen molar-refractivity contribution in [2.24, 2.45) is 5.41 Å². The maximum absolute atomic E-state index is 11.9. The van der Waals surface area contributed by atoms with Crippen LogP contribution in [0, 0.1) is 5.41 Å². The van der Waals surface area contributed by atoms with Crippen molar-refractivity contribution in [2.45, 2.75) is 51.0 Å². The Bertz CT molecular complexity index is 457. The number of hydrogen-bond donors (Lipinski definition) is 4. The van der Waals surface area contributed by atoms with Gasteiger partial charge in [-0.3, -0.25) is 9.59 Å². The molecule has 24 heavy (non-hydrogen) atoms. The third kappa shape index (κ3) is 5.36. The summed E-state index contributed by atoms with van der Waals surface area (Å²) in [6.07, 6.45) is 6.14. The number of rotatable bonds is 6. The topological polar surface area (TPSA) is 117 Å². The first-order chi connectivity index (χ1) is 11.5. The van der Waals surface area contributed by atoms with E-state index in [9.17, 15) is 19.5 Å². The number of carboxylic acids is 1. The molecule has 1 saturated heterocycles. The lowest BCUT2D eigenvalue weighted by atomic mass is 9.80. The molecule has 0 aromatic carbocycles. The van der Waals surface area contributed by atoms with Crippen molar-refractivity contribution in [1.82, 2.24) is 16.0 Å². The fraction of sp³-hybridized carbons (Fsp3) is 0.812. The molecule has 1 aliphatic heterocycles. The van der Waals surface area contributed by atoms with E-state index in [2.05, 4.69) is 16.0 Å². The lowest BCUT2D eigenvalue weighted by molar-refractivity contribution is -0.154. The molecule has 1 saturated carbocycles. The molecule has 0 atom stereocenters. The molecule has 4 N–H and O–H groups in total. The molecule has 2 rings (SSSR count). The number of nitrogens with one attached hydrogen (secondary N) is 3. The van der Waals surface area contributed by atoms with Gasteiger partial charge in [-0.1, -0.05) is 19.3 Å². The average Bonchev–Trinajstić information content (AvgIpc) is 2.60. The van der Waals surface area contributed by atoms with Crippen molar-refractivity contribution in [1.29, 1.82) is 0 Å². The van der Waals surface area contributed by atoms with E-state index in [0.717, 1.165) is 25.7 Å². The number of carbonyl (C=O) groups excluding carboxylic acids is 2. The van der Waals surface area contributed by atoms with E-state index in [0.29, 0.717) is 26.1 Å². The van der Waals surface area contributed by atoms with Crippen LogP contribution in [0.3, 0.4) is 0 Å². The highest BCUT2D eigenvalue weighted by Gasteiger charge is 2.40. The second-order valence-corrected chi connectivity index (χ2v) is 6.64. The fourth-order valence-corrected chi connectivity index (χ4v) is 3.20. The van der Waals surface area contributed by atoms with Crippen molar-refractivity contribution < 1.29 is 24.2 Å². The Hall–Kier alpha value is -1.83. The van der Waals surface area contributed by atoms with E-state index in [1.807, 2.05) is 0 Å². The van der Waals surface area contributed by atoms with E-state index >= 15 is 0 Å². The Morgan fingerprint density at radius 3 is 2.33 bits per heavy atom. The van der Waals surface area contributed by atoms with Gasteiger partial charge < -0.3 is 25.8 Å². The number of carbonyl (C=O) groups is 3. The second-order valence-electron chi connectivity index (χ2n) is 6.64. The van der Waals surface area contributed by atoms with Crippen LogP contribution in [0.1, 0.15) is 44.9 Å². The van der Waals surface area contributed by atoms with Crippen LogP contribution in [0.4, 0.5) is 4.79 Å². The summed E-state index contributed by atoms with van der Waals surface area (Å²) < 4.78 is 5.19. The molecule has 8 nitrogen and oxygen atoms in total. The highest BCUT2D eigenvalue weighted by Crippen LogP contribution is 2.30. The molecule has 0 radical (unpaired) electrons. The maximum Gasteiger partial charge on any atom is 0.315 e. The van der Waals surface area contributed by atoms with Gasteiger partial charge in [0, 0.05) is 25.8 Å². The van der Waals surface area contributed by atoms with Crippen LogP contribution in [0.25, 0.3) is 0 Å². The smallest absolute Gasteiger partial charge is 0.315 e. The van der Waals surface area contributed by atoms with Crippen molar-refractivity contribution in [2.75, 3.05) is 26.3 Å². The zero-order valence-corrected chi connectivity index (χ0v) is 13.9. The first-order valence-corrected chi connectivity index (χ1v) is 8.64. The predicted molar refractivity (Wildman–Crippen MR) is 86.5 cm³/mol. The summed E-state index contributed by atoms with van der Waals surface area (Å²) in [7, 11) is 0. The van der Waals surface area contributed by atoms with Crippen LogP contribution in [0.5, 0.6) is 0 Å². The van der Waals surface area contributed by atoms with Crippen molar-refractivity contribution >= 4 is 17.9 Å². The van der Waals surface area contributed by atoms with Gasteiger partial charge >= 0.3 is 12.0 Å². The van der Waals surface area contributed by atoms with Gasteiger partial charge in [0.25, 0.3) is 0 Å². The first-order valence-electron chi connectivity index (χ1n) is 8.64. The minimum atomic E-state index is -0.974. The number of urea groups is 1. The Labute approximate surface area is 141 Å². The summed E-state index contributed by atoms with van der Waals surface area (Å²) in [6, 6.07) is -0.171. The summed E-state index contributed by atoms with van der Waals surface area (Å²) in [5.41, 5.74) is -0.974. The summed E-state index contributed by atoms with van der Waals surface area (Å²) in [5, 5.41) is 17.4. The highest BCUT2D eigenvalue weighted by atomic mass is 16.5. The lowest BCUT2D eigenvalue weighted by Gasteiger charge is -2.33. The van der Waals surface area contributed by atoms with Gasteiger partial charge in [-0.25, -0.2) is 4.79 Å². The Morgan fingerprint density at radius 1 is 1.04 bits per heavy atom. The van der Waals surface area contributed by atoms with E-state index in [4.69, 9.17) is 4.74 Å². The molecule has 8 heteroatoms. The van der Waals surface area contributed by atoms with Gasteiger partial charge in [-0.2, -0.15) is 0 Å². The van der Waals surface area contributed by atoms with Crippen molar-refractivity contribution in [3.05, 3.63) is 0 Å². The number of aliphatic carboxylic acids is 1. The Balaban J connectivity index is 1.68. The van der Waals surface area contributed by atoms with Crippen LogP contribution in [0.15, 0.2) is 0 Å². The van der Waals surface area contributed by atoms with E-state index in [1.165, 1.54) is 6.42 Å². The number of carboxylic acid groups (broad SMARTS) is 1. The molecule has 0 aromatic rings. The molecule has 0 spiro atoms. The van der Waals surface area contributed by atoms with E-state index < -0.39 is 11.4 Å². The van der Waals surface area contributed by atoms with Crippen molar-refractivity contribution in [3.63, 3.8) is 0 Å². The van der Waals surface area contributed by atoms with Gasteiger partial charge in [0.2, 0.25) is 5.91 Å². The first kappa shape index (κ1) is 18.5. The monoisotopic (exact) mass is 341 g/mol. The molecule has 2 fully saturated rings. The number of amides is 3. The summed E-state index contributed by atoms with van der Waals surface area (Å²) in [6.45, 7) is 0.648. The molecular formula is C16H27N3O5. The van der Waals surface area contributed by atoms with Gasteiger partial charge in [0.1, 0.15) is 0 Å². The van der Waals surface area contributed by atoms with Crippen molar-refractivity contribution in [3.8, 4) is 0 Å². The normalized spacial score (nSPS) is 20.8. The highest BCUT2D eigenvalue weighted by molar-refractivity contribution is 5.84.